The molecule has 3 atom stereocenters. The number of benzene rings is 2. The van der Waals surface area contributed by atoms with Gasteiger partial charge in [-0.1, -0.05) is 43.2 Å². The summed E-state index contributed by atoms with van der Waals surface area (Å²) in [6.45, 7) is 1.64. The van der Waals surface area contributed by atoms with Crippen molar-refractivity contribution in [1.82, 2.24) is 10.0 Å². The number of ether oxygens (including phenoxy) is 1. The predicted molar refractivity (Wildman–Crippen MR) is 139 cm³/mol. The van der Waals surface area contributed by atoms with Crippen LogP contribution in [0.2, 0.25) is 0 Å². The molecule has 200 valence electrons. The van der Waals surface area contributed by atoms with E-state index < -0.39 is 39.2 Å². The number of rotatable bonds is 12. The number of aliphatic hydroxyl groups is 1. The van der Waals surface area contributed by atoms with Crippen molar-refractivity contribution in [2.75, 3.05) is 7.11 Å². The molecular weight excluding hydrogens is 494 g/mol. The van der Waals surface area contributed by atoms with E-state index in [1.165, 1.54) is 31.4 Å². The Labute approximate surface area is 218 Å². The summed E-state index contributed by atoms with van der Waals surface area (Å²) in [7, 11) is -2.66. The normalized spacial score (nSPS) is 18.2. The number of carboxylic acid groups (broad SMARTS) is 1. The number of hydrogen-bond acceptors (Lipinski definition) is 6. The van der Waals surface area contributed by atoms with Crippen molar-refractivity contribution in [3.63, 3.8) is 0 Å². The quantitative estimate of drug-likeness (QED) is 0.326. The first-order chi connectivity index (χ1) is 17.6. The Morgan fingerprint density at radius 3 is 2.32 bits per heavy atom. The maximum Gasteiger partial charge on any atom is 0.404 e. The lowest BCUT2D eigenvalue weighted by Gasteiger charge is -2.51. The molecule has 1 amide bonds. The SMILES string of the molecule is COc1ccc(S(=O)(=O)NC(C)([C@H](O)[C@H](Cc2ccccc2)NC(=O)O)C2(CCC#N)CCCC2)cc1. The van der Waals surface area contributed by atoms with Crippen LogP contribution < -0.4 is 14.8 Å². The van der Waals surface area contributed by atoms with Crippen LogP contribution in [0.25, 0.3) is 0 Å². The van der Waals surface area contributed by atoms with Gasteiger partial charge in [-0.3, -0.25) is 0 Å². The number of hydrogen-bond donors (Lipinski definition) is 4. The van der Waals surface area contributed by atoms with Crippen molar-refractivity contribution in [3.8, 4) is 11.8 Å². The average Bonchev–Trinajstić information content (AvgIpc) is 3.37. The zero-order valence-electron chi connectivity index (χ0n) is 21.2. The minimum atomic E-state index is -4.15. The molecule has 2 aromatic carbocycles. The minimum Gasteiger partial charge on any atom is -0.497 e. The van der Waals surface area contributed by atoms with Crippen LogP contribution in [0.1, 0.15) is 51.0 Å². The van der Waals surface area contributed by atoms with E-state index >= 15 is 0 Å². The minimum absolute atomic E-state index is 0.00837. The number of nitrogens with zero attached hydrogens (tertiary/aromatic N) is 1. The average molecular weight is 530 g/mol. The molecule has 1 fully saturated rings. The number of sulfonamides is 1. The summed E-state index contributed by atoms with van der Waals surface area (Å²) < 4.78 is 35.3. The third-order valence-electron chi connectivity index (χ3n) is 7.67. The van der Waals surface area contributed by atoms with Crippen LogP contribution in [0, 0.1) is 16.7 Å². The molecule has 1 aliphatic carbocycles. The molecule has 0 radical (unpaired) electrons. The van der Waals surface area contributed by atoms with E-state index in [4.69, 9.17) is 4.74 Å². The zero-order chi connectivity index (χ0) is 27.1. The van der Waals surface area contributed by atoms with Crippen LogP contribution in [-0.4, -0.2) is 49.5 Å². The highest BCUT2D eigenvalue weighted by atomic mass is 32.2. The standard InChI is InChI=1S/C27H35N3O6S/c1-26(27(17-8-18-28)15-6-7-16-27,30-37(34,35)22-13-11-21(36-2)12-14-22)24(31)23(29-25(32)33)19-20-9-4-3-5-10-20/h3-5,9-14,23-24,29-31H,6-8,15-17,19H2,1-2H3,(H,32,33)/t23-,24+,26?/m0/s1. The van der Waals surface area contributed by atoms with Gasteiger partial charge in [0.05, 0.1) is 35.8 Å². The first kappa shape index (κ1) is 28.4. The lowest BCUT2D eigenvalue weighted by molar-refractivity contribution is -0.0321. The first-order valence-electron chi connectivity index (χ1n) is 12.3. The van der Waals surface area contributed by atoms with Gasteiger partial charge in [0, 0.05) is 6.42 Å². The van der Waals surface area contributed by atoms with Gasteiger partial charge >= 0.3 is 6.09 Å². The maximum absolute atomic E-state index is 13.7. The topological polar surface area (TPSA) is 149 Å². The zero-order valence-corrected chi connectivity index (χ0v) is 22.0. The van der Waals surface area contributed by atoms with Crippen LogP contribution in [0.3, 0.4) is 0 Å². The first-order valence-corrected chi connectivity index (χ1v) is 13.8. The third-order valence-corrected chi connectivity index (χ3v) is 9.26. The fourth-order valence-electron chi connectivity index (χ4n) is 5.62. The largest absolute Gasteiger partial charge is 0.497 e. The van der Waals surface area contributed by atoms with Crippen molar-refractivity contribution < 1.29 is 28.2 Å². The van der Waals surface area contributed by atoms with Gasteiger partial charge in [0.25, 0.3) is 0 Å². The molecule has 2 aromatic rings. The van der Waals surface area contributed by atoms with Crippen LogP contribution in [-0.2, 0) is 16.4 Å². The van der Waals surface area contributed by atoms with Crippen LogP contribution in [0.15, 0.2) is 59.5 Å². The van der Waals surface area contributed by atoms with E-state index in [2.05, 4.69) is 16.1 Å². The highest BCUT2D eigenvalue weighted by molar-refractivity contribution is 7.89. The molecule has 9 nitrogen and oxygen atoms in total. The molecule has 0 heterocycles. The summed E-state index contributed by atoms with van der Waals surface area (Å²) in [4.78, 5) is 11.7. The molecule has 0 saturated heterocycles. The number of nitriles is 1. The number of amides is 1. The van der Waals surface area contributed by atoms with Crippen LogP contribution >= 0.6 is 0 Å². The Morgan fingerprint density at radius 1 is 1.16 bits per heavy atom. The van der Waals surface area contributed by atoms with Crippen molar-refractivity contribution >= 4 is 16.1 Å². The van der Waals surface area contributed by atoms with Gasteiger partial charge in [0.1, 0.15) is 5.75 Å². The van der Waals surface area contributed by atoms with Crippen molar-refractivity contribution in [2.24, 2.45) is 5.41 Å². The Morgan fingerprint density at radius 2 is 1.78 bits per heavy atom. The van der Waals surface area contributed by atoms with E-state index in [1.54, 1.807) is 6.92 Å². The summed E-state index contributed by atoms with van der Waals surface area (Å²) in [5, 5.41) is 33.3. The van der Waals surface area contributed by atoms with Gasteiger partial charge in [-0.2, -0.15) is 5.26 Å². The Hall–Kier alpha value is -3.13. The lowest BCUT2D eigenvalue weighted by atomic mass is 9.62. The van der Waals surface area contributed by atoms with Gasteiger partial charge in [0.15, 0.2) is 0 Å². The fraction of sp³-hybridized carbons (Fsp3) is 0.481. The van der Waals surface area contributed by atoms with Crippen molar-refractivity contribution in [3.05, 3.63) is 60.2 Å². The molecule has 4 N–H and O–H groups in total. The predicted octanol–water partition coefficient (Wildman–Crippen LogP) is 3.84. The second-order valence-corrected chi connectivity index (χ2v) is 11.5. The molecule has 0 aliphatic heterocycles. The summed E-state index contributed by atoms with van der Waals surface area (Å²) >= 11 is 0. The number of methoxy groups -OCH3 is 1. The van der Waals surface area contributed by atoms with E-state index in [1.807, 2.05) is 30.3 Å². The lowest BCUT2D eigenvalue weighted by Crippen LogP contribution is -2.69. The van der Waals surface area contributed by atoms with Gasteiger partial charge in [0.2, 0.25) is 10.0 Å². The van der Waals surface area contributed by atoms with Gasteiger partial charge in [-0.25, -0.2) is 17.9 Å². The molecule has 0 aromatic heterocycles. The molecular formula is C27H35N3O6S. The number of nitrogens with one attached hydrogen (secondary N) is 2. The van der Waals surface area contributed by atoms with Crippen LogP contribution in [0.4, 0.5) is 4.79 Å². The Kier molecular flexibility index (Phi) is 9.18. The molecule has 1 unspecified atom stereocenters. The van der Waals surface area contributed by atoms with Gasteiger partial charge in [-0.15, -0.1) is 0 Å². The molecule has 0 spiro atoms. The summed E-state index contributed by atoms with van der Waals surface area (Å²) in [6.07, 6.45) is 0.766. The Bertz CT molecular complexity index is 1190. The number of carbonyl (C=O) groups is 1. The molecule has 37 heavy (non-hydrogen) atoms. The van der Waals surface area contributed by atoms with E-state index in [0.29, 0.717) is 25.0 Å². The second kappa shape index (κ2) is 11.9. The van der Waals surface area contributed by atoms with Crippen molar-refractivity contribution in [2.45, 2.75) is 74.4 Å². The molecule has 10 heteroatoms. The Balaban J connectivity index is 2.09. The number of aliphatic hydroxyl groups excluding tert-OH is 1. The van der Waals surface area contributed by atoms with Crippen molar-refractivity contribution in [1.29, 1.82) is 5.26 Å². The van der Waals surface area contributed by atoms with Gasteiger partial charge in [-0.05, 0) is 67.9 Å². The second-order valence-electron chi connectivity index (χ2n) is 9.82. The monoisotopic (exact) mass is 529 g/mol. The van der Waals surface area contributed by atoms with E-state index in [-0.39, 0.29) is 17.7 Å². The van der Waals surface area contributed by atoms with Gasteiger partial charge < -0.3 is 20.3 Å². The van der Waals surface area contributed by atoms with Crippen LogP contribution in [0.5, 0.6) is 5.75 Å². The highest BCUT2D eigenvalue weighted by Gasteiger charge is 2.56. The summed E-state index contributed by atoms with van der Waals surface area (Å²) in [5.41, 5.74) is -1.45. The highest BCUT2D eigenvalue weighted by Crippen LogP contribution is 2.52. The summed E-state index contributed by atoms with van der Waals surface area (Å²) in [6, 6.07) is 16.2. The fourth-order valence-corrected chi connectivity index (χ4v) is 7.13. The van der Waals surface area contributed by atoms with E-state index in [9.17, 15) is 28.7 Å². The maximum atomic E-state index is 13.7. The molecule has 0 bridgehead atoms. The van der Waals surface area contributed by atoms with E-state index in [0.717, 1.165) is 18.4 Å². The molecule has 1 aliphatic rings. The smallest absolute Gasteiger partial charge is 0.404 e. The summed E-state index contributed by atoms with van der Waals surface area (Å²) in [5.74, 6) is 0.497. The molecule has 3 rings (SSSR count). The molecule has 1 saturated carbocycles. The third kappa shape index (κ3) is 6.42.